The Balaban J connectivity index is 1.53. The Morgan fingerprint density at radius 1 is 1.10 bits per heavy atom. The molecule has 0 saturated heterocycles. The average molecular weight is 275 g/mol. The first kappa shape index (κ1) is 15.5. The van der Waals surface area contributed by atoms with E-state index in [0.29, 0.717) is 6.10 Å². The normalized spacial score (nSPS) is 16.5. The molecule has 1 aromatic carbocycles. The molecule has 20 heavy (non-hydrogen) atoms. The molecule has 0 spiro atoms. The Morgan fingerprint density at radius 3 is 2.65 bits per heavy atom. The Labute approximate surface area is 123 Å². The van der Waals surface area contributed by atoms with Gasteiger partial charge in [-0.25, -0.2) is 0 Å². The van der Waals surface area contributed by atoms with Gasteiger partial charge < -0.3 is 10.1 Å². The van der Waals surface area contributed by atoms with Crippen molar-refractivity contribution in [2.24, 2.45) is 0 Å². The van der Waals surface area contributed by atoms with Crippen LogP contribution in [0, 0.1) is 13.8 Å². The Bertz CT molecular complexity index is 396. The minimum Gasteiger partial charge on any atom is -0.378 e. The van der Waals surface area contributed by atoms with E-state index in [0.717, 1.165) is 26.1 Å². The van der Waals surface area contributed by atoms with E-state index in [4.69, 9.17) is 4.74 Å². The number of rotatable bonds is 7. The smallest absolute Gasteiger partial charge is 0.0575 e. The number of hydrogen-bond donors (Lipinski definition) is 1. The van der Waals surface area contributed by atoms with Crippen molar-refractivity contribution in [2.75, 3.05) is 13.2 Å². The molecule has 2 nitrogen and oxygen atoms in total. The lowest BCUT2D eigenvalue weighted by Gasteiger charge is -2.21. The molecule has 0 radical (unpaired) electrons. The van der Waals surface area contributed by atoms with Crippen LogP contribution in [0.3, 0.4) is 0 Å². The minimum absolute atomic E-state index is 0.545. The lowest BCUT2D eigenvalue weighted by Crippen LogP contribution is -2.20. The fraction of sp³-hybridized carbons (Fsp3) is 0.667. The van der Waals surface area contributed by atoms with E-state index in [9.17, 15) is 0 Å². The molecular weight excluding hydrogens is 246 g/mol. The van der Waals surface area contributed by atoms with E-state index in [-0.39, 0.29) is 0 Å². The summed E-state index contributed by atoms with van der Waals surface area (Å²) in [6.07, 6.45) is 8.32. The van der Waals surface area contributed by atoms with Crippen LogP contribution in [0.2, 0.25) is 0 Å². The zero-order chi connectivity index (χ0) is 14.2. The molecule has 0 amide bonds. The molecule has 1 N–H and O–H groups in total. The van der Waals surface area contributed by atoms with Crippen LogP contribution in [0.5, 0.6) is 0 Å². The van der Waals surface area contributed by atoms with Crippen molar-refractivity contribution in [1.29, 1.82) is 0 Å². The lowest BCUT2D eigenvalue weighted by molar-refractivity contribution is 0.0273. The van der Waals surface area contributed by atoms with Crippen molar-refractivity contribution in [1.82, 2.24) is 5.32 Å². The Hall–Kier alpha value is -0.860. The van der Waals surface area contributed by atoms with Crippen LogP contribution in [-0.2, 0) is 11.3 Å². The predicted octanol–water partition coefficient (Wildman–Crippen LogP) is 4.13. The molecular formula is C18H29NO. The molecule has 1 fully saturated rings. The van der Waals surface area contributed by atoms with Crippen LogP contribution in [0.4, 0.5) is 0 Å². The third-order valence-electron chi connectivity index (χ3n) is 4.30. The van der Waals surface area contributed by atoms with Crippen LogP contribution in [0.15, 0.2) is 18.2 Å². The van der Waals surface area contributed by atoms with Crippen LogP contribution >= 0.6 is 0 Å². The van der Waals surface area contributed by atoms with Gasteiger partial charge >= 0.3 is 0 Å². The maximum absolute atomic E-state index is 5.93. The van der Waals surface area contributed by atoms with Crippen LogP contribution in [0.25, 0.3) is 0 Å². The summed E-state index contributed by atoms with van der Waals surface area (Å²) in [7, 11) is 0. The SMILES string of the molecule is Cc1ccc(CNCCCOC2CCCCC2)cc1C. The molecule has 2 rings (SSSR count). The van der Waals surface area contributed by atoms with Crippen molar-refractivity contribution in [2.45, 2.75) is 65.0 Å². The first-order chi connectivity index (χ1) is 9.75. The lowest BCUT2D eigenvalue weighted by atomic mass is 9.98. The van der Waals surface area contributed by atoms with E-state index in [2.05, 4.69) is 37.4 Å². The largest absolute Gasteiger partial charge is 0.378 e. The summed E-state index contributed by atoms with van der Waals surface area (Å²) in [5.74, 6) is 0. The van der Waals surface area contributed by atoms with Gasteiger partial charge in [-0.2, -0.15) is 0 Å². The number of aryl methyl sites for hydroxylation is 2. The van der Waals surface area contributed by atoms with E-state index in [1.165, 1.54) is 48.8 Å². The predicted molar refractivity (Wildman–Crippen MR) is 85.1 cm³/mol. The number of hydrogen-bond acceptors (Lipinski definition) is 2. The van der Waals surface area contributed by atoms with Gasteiger partial charge in [-0.15, -0.1) is 0 Å². The summed E-state index contributed by atoms with van der Waals surface area (Å²) in [5, 5.41) is 3.51. The summed E-state index contributed by atoms with van der Waals surface area (Å²) in [6.45, 7) is 7.25. The van der Waals surface area contributed by atoms with Gasteiger partial charge in [0.15, 0.2) is 0 Å². The highest BCUT2D eigenvalue weighted by molar-refractivity contribution is 5.29. The zero-order valence-electron chi connectivity index (χ0n) is 13.1. The second kappa shape index (κ2) is 8.43. The van der Waals surface area contributed by atoms with E-state index in [1.807, 2.05) is 0 Å². The Morgan fingerprint density at radius 2 is 1.90 bits per heavy atom. The summed E-state index contributed by atoms with van der Waals surface area (Å²) in [6, 6.07) is 6.70. The van der Waals surface area contributed by atoms with Crippen LogP contribution in [0.1, 0.15) is 55.2 Å². The van der Waals surface area contributed by atoms with Gasteiger partial charge in [0.2, 0.25) is 0 Å². The molecule has 0 aromatic heterocycles. The first-order valence-electron chi connectivity index (χ1n) is 8.14. The van der Waals surface area contributed by atoms with Gasteiger partial charge in [-0.1, -0.05) is 37.5 Å². The molecule has 0 bridgehead atoms. The molecule has 0 heterocycles. The molecule has 1 aromatic rings. The average Bonchev–Trinajstić information content (AvgIpc) is 2.47. The third kappa shape index (κ3) is 5.26. The summed E-state index contributed by atoms with van der Waals surface area (Å²) < 4.78 is 5.93. The van der Waals surface area contributed by atoms with E-state index >= 15 is 0 Å². The molecule has 0 unspecified atom stereocenters. The molecule has 112 valence electrons. The van der Waals surface area contributed by atoms with Crippen molar-refractivity contribution in [3.05, 3.63) is 34.9 Å². The third-order valence-corrected chi connectivity index (χ3v) is 4.30. The highest BCUT2D eigenvalue weighted by Crippen LogP contribution is 2.20. The van der Waals surface area contributed by atoms with Gasteiger partial charge in [-0.05, 0) is 56.3 Å². The van der Waals surface area contributed by atoms with Crippen molar-refractivity contribution in [3.8, 4) is 0 Å². The van der Waals surface area contributed by atoms with Gasteiger partial charge in [0.25, 0.3) is 0 Å². The zero-order valence-corrected chi connectivity index (χ0v) is 13.1. The van der Waals surface area contributed by atoms with Crippen molar-refractivity contribution in [3.63, 3.8) is 0 Å². The Kier molecular flexibility index (Phi) is 6.55. The molecule has 1 saturated carbocycles. The fourth-order valence-electron chi connectivity index (χ4n) is 2.83. The maximum atomic E-state index is 5.93. The van der Waals surface area contributed by atoms with E-state index < -0.39 is 0 Å². The molecule has 2 heteroatoms. The van der Waals surface area contributed by atoms with Gasteiger partial charge in [0.05, 0.1) is 6.10 Å². The summed E-state index contributed by atoms with van der Waals surface area (Å²) >= 11 is 0. The van der Waals surface area contributed by atoms with Crippen LogP contribution in [-0.4, -0.2) is 19.3 Å². The highest BCUT2D eigenvalue weighted by Gasteiger charge is 2.12. The highest BCUT2D eigenvalue weighted by atomic mass is 16.5. The topological polar surface area (TPSA) is 21.3 Å². The number of benzene rings is 1. The van der Waals surface area contributed by atoms with Gasteiger partial charge in [0, 0.05) is 13.2 Å². The van der Waals surface area contributed by atoms with Crippen molar-refractivity contribution < 1.29 is 4.74 Å². The fourth-order valence-corrected chi connectivity index (χ4v) is 2.83. The minimum atomic E-state index is 0.545. The first-order valence-corrected chi connectivity index (χ1v) is 8.14. The van der Waals surface area contributed by atoms with Gasteiger partial charge in [0.1, 0.15) is 0 Å². The number of ether oxygens (including phenoxy) is 1. The van der Waals surface area contributed by atoms with E-state index in [1.54, 1.807) is 0 Å². The molecule has 1 aliphatic carbocycles. The molecule has 0 aliphatic heterocycles. The standard InChI is InChI=1S/C18H29NO/c1-15-9-10-17(13-16(15)2)14-19-11-6-12-20-18-7-4-3-5-8-18/h9-10,13,18-19H,3-8,11-12,14H2,1-2H3. The summed E-state index contributed by atoms with van der Waals surface area (Å²) in [5.41, 5.74) is 4.13. The summed E-state index contributed by atoms with van der Waals surface area (Å²) in [4.78, 5) is 0. The van der Waals surface area contributed by atoms with Crippen molar-refractivity contribution >= 4 is 0 Å². The number of nitrogens with one attached hydrogen (secondary N) is 1. The second-order valence-corrected chi connectivity index (χ2v) is 6.08. The molecule has 0 atom stereocenters. The molecule has 1 aliphatic rings. The van der Waals surface area contributed by atoms with Gasteiger partial charge in [-0.3, -0.25) is 0 Å². The maximum Gasteiger partial charge on any atom is 0.0575 e. The quantitative estimate of drug-likeness (QED) is 0.755. The monoisotopic (exact) mass is 275 g/mol. The van der Waals surface area contributed by atoms with Crippen LogP contribution < -0.4 is 5.32 Å². The second-order valence-electron chi connectivity index (χ2n) is 6.08.